The van der Waals surface area contributed by atoms with Gasteiger partial charge in [0.15, 0.2) is 0 Å². The van der Waals surface area contributed by atoms with Gasteiger partial charge in [-0.15, -0.1) is 0 Å². The Labute approximate surface area is 192 Å². The van der Waals surface area contributed by atoms with Crippen molar-refractivity contribution in [2.45, 2.75) is 66.0 Å². The number of rotatable bonds is 12. The van der Waals surface area contributed by atoms with Gasteiger partial charge in [-0.25, -0.2) is 0 Å². The number of aryl methyl sites for hydroxylation is 1. The monoisotopic (exact) mass is 439 g/mol. The smallest absolute Gasteiger partial charge is 0.254 e. The summed E-state index contributed by atoms with van der Waals surface area (Å²) < 4.78 is 11.7. The van der Waals surface area contributed by atoms with E-state index in [4.69, 9.17) is 20.6 Å². The lowest BCUT2D eigenvalue weighted by atomic mass is 10.1. The number of amides is 1. The van der Waals surface area contributed by atoms with Crippen molar-refractivity contribution in [1.29, 1.82) is 5.41 Å². The van der Waals surface area contributed by atoms with E-state index < -0.39 is 0 Å². The van der Waals surface area contributed by atoms with Crippen molar-refractivity contribution < 1.29 is 14.3 Å². The van der Waals surface area contributed by atoms with Crippen LogP contribution in [0.3, 0.4) is 0 Å². The number of carbonyl (C=O) groups excluding carboxylic acids is 1. The van der Waals surface area contributed by atoms with E-state index in [2.05, 4.69) is 0 Å². The number of amidine groups is 1. The van der Waals surface area contributed by atoms with Crippen LogP contribution < -0.4 is 15.2 Å². The van der Waals surface area contributed by atoms with Crippen LogP contribution in [0.2, 0.25) is 0 Å². The number of nitrogens with one attached hydrogen (secondary N) is 1. The first-order valence-electron chi connectivity index (χ1n) is 11.3. The summed E-state index contributed by atoms with van der Waals surface area (Å²) in [5.41, 5.74) is 7.82. The van der Waals surface area contributed by atoms with Gasteiger partial charge in [0.05, 0.1) is 13.2 Å². The van der Waals surface area contributed by atoms with E-state index in [-0.39, 0.29) is 23.8 Å². The zero-order valence-electron chi connectivity index (χ0n) is 20.0. The molecule has 1 amide bonds. The van der Waals surface area contributed by atoms with Crippen molar-refractivity contribution in [2.75, 3.05) is 13.2 Å². The second kappa shape index (κ2) is 12.1. The third kappa shape index (κ3) is 7.29. The molecular formula is C26H37N3O3. The zero-order valence-corrected chi connectivity index (χ0v) is 20.0. The van der Waals surface area contributed by atoms with Crippen LogP contribution in [0, 0.1) is 12.3 Å². The molecule has 0 saturated heterocycles. The normalized spacial score (nSPS) is 11.0. The maximum absolute atomic E-state index is 12.9. The summed E-state index contributed by atoms with van der Waals surface area (Å²) in [5.74, 6) is 1.72. The van der Waals surface area contributed by atoms with Crippen LogP contribution in [0.5, 0.6) is 11.5 Å². The number of carbonyl (C=O) groups is 1. The second-order valence-corrected chi connectivity index (χ2v) is 8.58. The van der Waals surface area contributed by atoms with Crippen LogP contribution >= 0.6 is 0 Å². The van der Waals surface area contributed by atoms with Crippen LogP contribution in [-0.4, -0.2) is 41.9 Å². The third-order valence-corrected chi connectivity index (χ3v) is 5.25. The largest absolute Gasteiger partial charge is 0.494 e. The predicted octanol–water partition coefficient (Wildman–Crippen LogP) is 5.17. The maximum Gasteiger partial charge on any atom is 0.254 e. The highest BCUT2D eigenvalue weighted by atomic mass is 16.5. The van der Waals surface area contributed by atoms with Crippen LogP contribution in [0.1, 0.15) is 68.4 Å². The van der Waals surface area contributed by atoms with Crippen molar-refractivity contribution >= 4 is 11.7 Å². The molecule has 2 rings (SSSR count). The van der Waals surface area contributed by atoms with Gasteiger partial charge in [-0.2, -0.15) is 0 Å². The molecule has 32 heavy (non-hydrogen) atoms. The van der Waals surface area contributed by atoms with Crippen molar-refractivity contribution in [3.63, 3.8) is 0 Å². The lowest BCUT2D eigenvalue weighted by Gasteiger charge is -2.31. The lowest BCUT2D eigenvalue weighted by molar-refractivity contribution is 0.0643. The first-order chi connectivity index (χ1) is 15.2. The number of nitrogens with two attached hydrogens (primary N) is 1. The van der Waals surface area contributed by atoms with Crippen LogP contribution in [0.15, 0.2) is 42.5 Å². The fraction of sp³-hybridized carbons (Fsp3) is 0.462. The van der Waals surface area contributed by atoms with Gasteiger partial charge in [-0.1, -0.05) is 0 Å². The Morgan fingerprint density at radius 3 is 2.00 bits per heavy atom. The molecule has 6 nitrogen and oxygen atoms in total. The van der Waals surface area contributed by atoms with E-state index in [9.17, 15) is 4.79 Å². The summed E-state index contributed by atoms with van der Waals surface area (Å²) in [5, 5.41) is 7.40. The molecule has 0 aromatic heterocycles. The number of ether oxygens (including phenoxy) is 2. The van der Waals surface area contributed by atoms with Gasteiger partial charge in [0.2, 0.25) is 0 Å². The van der Waals surface area contributed by atoms with Crippen LogP contribution in [0.4, 0.5) is 0 Å². The minimum absolute atomic E-state index is 0.0561. The Morgan fingerprint density at radius 2 is 1.47 bits per heavy atom. The Bertz CT molecular complexity index is 884. The van der Waals surface area contributed by atoms with Crippen LogP contribution in [0.25, 0.3) is 0 Å². The molecule has 0 heterocycles. The number of hydrogen-bond donors (Lipinski definition) is 2. The molecule has 0 spiro atoms. The molecule has 2 aromatic carbocycles. The SMILES string of the molecule is Cc1cc(C(=O)N(C(C)C)C(C)C)ccc1OCCCCCOc1ccc(C(=N)N)cc1. The number of unbranched alkanes of at least 4 members (excludes halogenated alkanes) is 2. The van der Waals surface area contributed by atoms with E-state index >= 15 is 0 Å². The summed E-state index contributed by atoms with van der Waals surface area (Å²) in [7, 11) is 0. The molecule has 3 N–H and O–H groups in total. The highest BCUT2D eigenvalue weighted by Crippen LogP contribution is 2.22. The summed E-state index contributed by atoms with van der Waals surface area (Å²) in [6.45, 7) is 11.4. The Hall–Kier alpha value is -3.02. The highest BCUT2D eigenvalue weighted by Gasteiger charge is 2.22. The number of nitrogens with zero attached hydrogens (tertiary/aromatic N) is 1. The summed E-state index contributed by atoms with van der Waals surface area (Å²) in [4.78, 5) is 14.8. The molecule has 0 aliphatic heterocycles. The van der Waals surface area contributed by atoms with Gasteiger partial charge in [-0.3, -0.25) is 10.2 Å². The molecule has 174 valence electrons. The fourth-order valence-electron chi connectivity index (χ4n) is 3.64. The van der Waals surface area contributed by atoms with E-state index in [0.717, 1.165) is 36.3 Å². The quantitative estimate of drug-likeness (QED) is 0.271. The van der Waals surface area contributed by atoms with Crippen molar-refractivity contribution in [1.82, 2.24) is 4.90 Å². The first-order valence-corrected chi connectivity index (χ1v) is 11.3. The topological polar surface area (TPSA) is 88.6 Å². The molecular weight excluding hydrogens is 402 g/mol. The molecule has 0 bridgehead atoms. The maximum atomic E-state index is 12.9. The molecule has 0 radical (unpaired) electrons. The molecule has 0 saturated carbocycles. The lowest BCUT2D eigenvalue weighted by Crippen LogP contribution is -2.42. The van der Waals surface area contributed by atoms with Gasteiger partial charge in [0.25, 0.3) is 5.91 Å². The molecule has 0 aliphatic rings. The molecule has 0 unspecified atom stereocenters. The molecule has 0 atom stereocenters. The molecule has 0 aliphatic carbocycles. The van der Waals surface area contributed by atoms with Crippen molar-refractivity contribution in [3.8, 4) is 11.5 Å². The molecule has 0 fully saturated rings. The van der Waals surface area contributed by atoms with Gasteiger partial charge < -0.3 is 20.1 Å². The van der Waals surface area contributed by atoms with Crippen LogP contribution in [-0.2, 0) is 0 Å². The van der Waals surface area contributed by atoms with E-state index in [1.54, 1.807) is 12.1 Å². The van der Waals surface area contributed by atoms with Gasteiger partial charge in [-0.05, 0) is 102 Å². The Morgan fingerprint density at radius 1 is 0.906 bits per heavy atom. The van der Waals surface area contributed by atoms with Crippen molar-refractivity contribution in [2.24, 2.45) is 5.73 Å². The van der Waals surface area contributed by atoms with E-state index in [0.29, 0.717) is 24.3 Å². The second-order valence-electron chi connectivity index (χ2n) is 8.58. The Balaban J connectivity index is 1.73. The summed E-state index contributed by atoms with van der Waals surface area (Å²) in [6, 6.07) is 13.2. The standard InChI is InChI=1S/C26H37N3O3/c1-18(2)29(19(3)4)26(30)22-11-14-24(20(5)17-22)32-16-8-6-7-15-31-23-12-9-21(10-13-23)25(27)28/h9-14,17-19H,6-8,15-16H2,1-5H3,(H3,27,28). The molecule has 6 heteroatoms. The van der Waals surface area contributed by atoms with E-state index in [1.807, 2.05) is 69.9 Å². The predicted molar refractivity (Wildman–Crippen MR) is 130 cm³/mol. The van der Waals surface area contributed by atoms with Crippen molar-refractivity contribution in [3.05, 3.63) is 59.2 Å². The third-order valence-electron chi connectivity index (χ3n) is 5.25. The van der Waals surface area contributed by atoms with E-state index in [1.165, 1.54) is 0 Å². The van der Waals surface area contributed by atoms with Gasteiger partial charge in [0, 0.05) is 23.2 Å². The molecule has 2 aromatic rings. The van der Waals surface area contributed by atoms with Gasteiger partial charge in [0.1, 0.15) is 17.3 Å². The summed E-state index contributed by atoms with van der Waals surface area (Å²) >= 11 is 0. The first kappa shape index (κ1) is 25.2. The number of hydrogen-bond acceptors (Lipinski definition) is 4. The highest BCUT2D eigenvalue weighted by molar-refractivity contribution is 5.95. The van der Waals surface area contributed by atoms with Gasteiger partial charge >= 0.3 is 0 Å². The minimum atomic E-state index is 0.0561. The minimum Gasteiger partial charge on any atom is -0.494 e. The zero-order chi connectivity index (χ0) is 23.7. The average molecular weight is 440 g/mol. The number of nitrogen functional groups attached to an aromatic ring is 1. The fourth-order valence-corrected chi connectivity index (χ4v) is 3.64. The summed E-state index contributed by atoms with van der Waals surface area (Å²) in [6.07, 6.45) is 2.87. The Kier molecular flexibility index (Phi) is 9.57. The average Bonchev–Trinajstić information content (AvgIpc) is 2.73. The number of benzene rings is 2.